The maximum atomic E-state index is 3.75. The third-order valence-corrected chi connectivity index (χ3v) is 4.25. The Labute approximate surface area is 108 Å². The molecule has 0 amide bonds. The van der Waals surface area contributed by atoms with Crippen LogP contribution >= 0.6 is 11.8 Å². The molecule has 0 spiro atoms. The summed E-state index contributed by atoms with van der Waals surface area (Å²) in [5, 5.41) is 0. The molecule has 17 heavy (non-hydrogen) atoms. The van der Waals surface area contributed by atoms with Crippen LogP contribution in [0, 0.1) is 0 Å². The van der Waals surface area contributed by atoms with Gasteiger partial charge in [-0.05, 0) is 37.6 Å². The SMILES string of the molecule is C=CCSc1ccc2c(c1)C=CC(C)(C)N2C. The highest BCUT2D eigenvalue weighted by molar-refractivity contribution is 7.99. The Bertz CT molecular complexity index is 460. The zero-order valence-corrected chi connectivity index (χ0v) is 11.6. The second-order valence-electron chi connectivity index (χ2n) is 4.87. The van der Waals surface area contributed by atoms with Crippen molar-refractivity contribution in [2.24, 2.45) is 0 Å². The summed E-state index contributed by atoms with van der Waals surface area (Å²) in [5.74, 6) is 0.962. The van der Waals surface area contributed by atoms with Crippen LogP contribution in [0.2, 0.25) is 0 Å². The Morgan fingerprint density at radius 1 is 1.41 bits per heavy atom. The quantitative estimate of drug-likeness (QED) is 0.580. The van der Waals surface area contributed by atoms with Gasteiger partial charge in [-0.15, -0.1) is 18.3 Å². The van der Waals surface area contributed by atoms with E-state index in [4.69, 9.17) is 0 Å². The lowest BCUT2D eigenvalue weighted by Crippen LogP contribution is -2.41. The second-order valence-corrected chi connectivity index (χ2v) is 5.96. The molecule has 0 fully saturated rings. The van der Waals surface area contributed by atoms with Gasteiger partial charge in [0.25, 0.3) is 0 Å². The van der Waals surface area contributed by atoms with Gasteiger partial charge in [0, 0.05) is 23.4 Å². The molecule has 2 heteroatoms. The van der Waals surface area contributed by atoms with Gasteiger partial charge in [-0.1, -0.05) is 18.2 Å². The van der Waals surface area contributed by atoms with E-state index in [1.807, 2.05) is 17.8 Å². The summed E-state index contributed by atoms with van der Waals surface area (Å²) in [6.07, 6.45) is 6.43. The number of anilines is 1. The molecule has 0 saturated carbocycles. The van der Waals surface area contributed by atoms with Gasteiger partial charge in [-0.2, -0.15) is 0 Å². The fourth-order valence-electron chi connectivity index (χ4n) is 1.93. The third kappa shape index (κ3) is 2.42. The Kier molecular flexibility index (Phi) is 3.34. The van der Waals surface area contributed by atoms with Crippen LogP contribution in [0.5, 0.6) is 0 Å². The molecule has 1 aliphatic heterocycles. The summed E-state index contributed by atoms with van der Waals surface area (Å²) in [4.78, 5) is 3.63. The van der Waals surface area contributed by atoms with Gasteiger partial charge in [-0.3, -0.25) is 0 Å². The Balaban J connectivity index is 2.32. The Morgan fingerprint density at radius 2 is 2.18 bits per heavy atom. The van der Waals surface area contributed by atoms with Gasteiger partial charge in [0.2, 0.25) is 0 Å². The number of hydrogen-bond acceptors (Lipinski definition) is 2. The number of fused-ring (bicyclic) bond motifs is 1. The van der Waals surface area contributed by atoms with Crippen LogP contribution in [0.3, 0.4) is 0 Å². The molecule has 0 N–H and O–H groups in total. The van der Waals surface area contributed by atoms with E-state index >= 15 is 0 Å². The zero-order chi connectivity index (χ0) is 12.5. The maximum absolute atomic E-state index is 3.75. The van der Waals surface area contributed by atoms with E-state index in [0.29, 0.717) is 0 Å². The highest BCUT2D eigenvalue weighted by Crippen LogP contribution is 2.35. The van der Waals surface area contributed by atoms with Crippen LogP contribution in [0.4, 0.5) is 5.69 Å². The van der Waals surface area contributed by atoms with E-state index in [9.17, 15) is 0 Å². The molecule has 2 rings (SSSR count). The van der Waals surface area contributed by atoms with Gasteiger partial charge in [0.05, 0.1) is 5.54 Å². The lowest BCUT2D eigenvalue weighted by atomic mass is 9.94. The first-order valence-electron chi connectivity index (χ1n) is 5.85. The van der Waals surface area contributed by atoms with E-state index in [0.717, 1.165) is 5.75 Å². The van der Waals surface area contributed by atoms with Gasteiger partial charge in [0.15, 0.2) is 0 Å². The maximum Gasteiger partial charge on any atom is 0.0528 e. The van der Waals surface area contributed by atoms with Crippen molar-refractivity contribution in [3.05, 3.63) is 42.5 Å². The molecule has 1 aromatic carbocycles. The highest BCUT2D eigenvalue weighted by atomic mass is 32.2. The average Bonchev–Trinajstić information content (AvgIpc) is 2.32. The summed E-state index contributed by atoms with van der Waals surface area (Å²) in [5.41, 5.74) is 2.71. The fraction of sp³-hybridized carbons (Fsp3) is 0.333. The van der Waals surface area contributed by atoms with Crippen molar-refractivity contribution in [1.82, 2.24) is 0 Å². The number of nitrogens with zero attached hydrogens (tertiary/aromatic N) is 1. The van der Waals surface area contributed by atoms with Crippen molar-refractivity contribution >= 4 is 23.5 Å². The standard InChI is InChI=1S/C15H19NS/c1-5-10-17-13-6-7-14-12(11-13)8-9-15(2,3)16(14)4/h5-9,11H,1,10H2,2-4H3. The van der Waals surface area contributed by atoms with Crippen molar-refractivity contribution in [2.45, 2.75) is 24.3 Å². The first kappa shape index (κ1) is 12.3. The summed E-state index contributed by atoms with van der Waals surface area (Å²) in [7, 11) is 2.15. The first-order chi connectivity index (χ1) is 8.04. The topological polar surface area (TPSA) is 3.24 Å². The molecule has 1 nitrogen and oxygen atoms in total. The molecule has 1 aliphatic rings. The average molecular weight is 245 g/mol. The van der Waals surface area contributed by atoms with Gasteiger partial charge < -0.3 is 4.90 Å². The van der Waals surface area contributed by atoms with Crippen LogP contribution in [0.25, 0.3) is 6.08 Å². The molecule has 0 bridgehead atoms. The molecule has 0 aliphatic carbocycles. The van der Waals surface area contributed by atoms with E-state index < -0.39 is 0 Å². The summed E-state index contributed by atoms with van der Waals surface area (Å²) in [6, 6.07) is 6.66. The monoisotopic (exact) mass is 245 g/mol. The third-order valence-electron chi connectivity index (χ3n) is 3.26. The molecule has 1 aromatic rings. The number of hydrogen-bond donors (Lipinski definition) is 0. The smallest absolute Gasteiger partial charge is 0.0528 e. The normalized spacial score (nSPS) is 16.8. The van der Waals surface area contributed by atoms with Crippen LogP contribution in [-0.2, 0) is 0 Å². The molecule has 0 saturated heterocycles. The largest absolute Gasteiger partial charge is 0.366 e. The second kappa shape index (κ2) is 4.61. The van der Waals surface area contributed by atoms with Crippen molar-refractivity contribution in [1.29, 1.82) is 0 Å². The van der Waals surface area contributed by atoms with Crippen molar-refractivity contribution < 1.29 is 0 Å². The van der Waals surface area contributed by atoms with Crippen LogP contribution in [-0.4, -0.2) is 18.3 Å². The van der Waals surface area contributed by atoms with Crippen molar-refractivity contribution in [2.75, 3.05) is 17.7 Å². The van der Waals surface area contributed by atoms with Gasteiger partial charge in [0.1, 0.15) is 0 Å². The lowest BCUT2D eigenvalue weighted by Gasteiger charge is -2.39. The summed E-state index contributed by atoms with van der Waals surface area (Å²) < 4.78 is 0. The molecular formula is C15H19NS. The van der Waals surface area contributed by atoms with Gasteiger partial charge >= 0.3 is 0 Å². The van der Waals surface area contributed by atoms with E-state index in [-0.39, 0.29) is 5.54 Å². The predicted octanol–water partition coefficient (Wildman–Crippen LogP) is 4.21. The molecule has 90 valence electrons. The minimum Gasteiger partial charge on any atom is -0.366 e. The Hall–Kier alpha value is -1.15. The van der Waals surface area contributed by atoms with Crippen molar-refractivity contribution in [3.63, 3.8) is 0 Å². The Morgan fingerprint density at radius 3 is 2.88 bits per heavy atom. The fourth-order valence-corrected chi connectivity index (χ4v) is 2.62. The molecule has 0 atom stereocenters. The van der Waals surface area contributed by atoms with E-state index in [2.05, 4.69) is 62.7 Å². The molecule has 1 heterocycles. The minimum absolute atomic E-state index is 0.1000. The van der Waals surface area contributed by atoms with Gasteiger partial charge in [-0.25, -0.2) is 0 Å². The lowest BCUT2D eigenvalue weighted by molar-refractivity contribution is 0.600. The molecule has 0 radical (unpaired) electrons. The molecular weight excluding hydrogens is 226 g/mol. The number of thioether (sulfide) groups is 1. The zero-order valence-electron chi connectivity index (χ0n) is 10.7. The van der Waals surface area contributed by atoms with Crippen LogP contribution < -0.4 is 4.90 Å². The van der Waals surface area contributed by atoms with Crippen molar-refractivity contribution in [3.8, 4) is 0 Å². The summed E-state index contributed by atoms with van der Waals surface area (Å²) in [6.45, 7) is 8.21. The molecule has 0 aromatic heterocycles. The van der Waals surface area contributed by atoms with E-state index in [1.165, 1.54) is 16.1 Å². The number of benzene rings is 1. The molecule has 0 unspecified atom stereocenters. The summed E-state index contributed by atoms with van der Waals surface area (Å²) >= 11 is 1.82. The number of rotatable bonds is 3. The number of likely N-dealkylation sites (N-methyl/N-ethyl adjacent to an activating group) is 1. The van der Waals surface area contributed by atoms with Crippen LogP contribution in [0.1, 0.15) is 19.4 Å². The highest BCUT2D eigenvalue weighted by Gasteiger charge is 2.25. The van der Waals surface area contributed by atoms with E-state index in [1.54, 1.807) is 0 Å². The minimum atomic E-state index is 0.1000. The van der Waals surface area contributed by atoms with Crippen LogP contribution in [0.15, 0.2) is 41.8 Å². The first-order valence-corrected chi connectivity index (χ1v) is 6.84. The predicted molar refractivity (Wildman–Crippen MR) is 78.9 cm³/mol.